The van der Waals surface area contributed by atoms with E-state index in [-0.39, 0.29) is 16.7 Å². The van der Waals surface area contributed by atoms with Gasteiger partial charge >= 0.3 is 5.97 Å². The first-order valence-corrected chi connectivity index (χ1v) is 7.34. The number of carboxylic acids is 1. The summed E-state index contributed by atoms with van der Waals surface area (Å²) in [7, 11) is 0. The SMILES string of the molecule is CCCCCC1Sc2ccc(C(=O)O)cc2NC1=O. The van der Waals surface area contributed by atoms with E-state index in [1.165, 1.54) is 17.8 Å². The number of hydrogen-bond acceptors (Lipinski definition) is 3. The minimum Gasteiger partial charge on any atom is -0.478 e. The number of hydrogen-bond donors (Lipinski definition) is 2. The van der Waals surface area contributed by atoms with Crippen molar-refractivity contribution in [2.75, 3.05) is 5.32 Å². The zero-order valence-electron chi connectivity index (χ0n) is 10.8. The molecule has 5 heteroatoms. The highest BCUT2D eigenvalue weighted by Gasteiger charge is 2.26. The van der Waals surface area contributed by atoms with E-state index in [1.807, 2.05) is 0 Å². The molecule has 0 saturated heterocycles. The lowest BCUT2D eigenvalue weighted by atomic mass is 10.1. The van der Waals surface area contributed by atoms with Gasteiger partial charge in [0.25, 0.3) is 0 Å². The van der Waals surface area contributed by atoms with Crippen LogP contribution in [0.25, 0.3) is 0 Å². The number of amides is 1. The molecule has 102 valence electrons. The van der Waals surface area contributed by atoms with Crippen LogP contribution in [0.2, 0.25) is 0 Å². The topological polar surface area (TPSA) is 66.4 Å². The Kier molecular flexibility index (Phi) is 4.47. The number of fused-ring (bicyclic) bond motifs is 1. The van der Waals surface area contributed by atoms with E-state index < -0.39 is 5.97 Å². The molecule has 1 aliphatic rings. The Morgan fingerprint density at radius 1 is 1.42 bits per heavy atom. The molecule has 2 rings (SSSR count). The van der Waals surface area contributed by atoms with E-state index in [0.29, 0.717) is 5.69 Å². The third-order valence-corrected chi connectivity index (χ3v) is 4.46. The lowest BCUT2D eigenvalue weighted by molar-refractivity contribution is -0.115. The highest BCUT2D eigenvalue weighted by atomic mass is 32.2. The minimum absolute atomic E-state index is 0.0175. The molecule has 0 aliphatic carbocycles. The third kappa shape index (κ3) is 3.29. The van der Waals surface area contributed by atoms with Gasteiger partial charge in [0, 0.05) is 4.90 Å². The number of nitrogens with one attached hydrogen (secondary N) is 1. The van der Waals surface area contributed by atoms with Crippen molar-refractivity contribution >= 4 is 29.3 Å². The van der Waals surface area contributed by atoms with Crippen molar-refractivity contribution in [3.63, 3.8) is 0 Å². The van der Waals surface area contributed by atoms with Crippen molar-refractivity contribution in [1.29, 1.82) is 0 Å². The van der Waals surface area contributed by atoms with Gasteiger partial charge < -0.3 is 10.4 Å². The highest BCUT2D eigenvalue weighted by molar-refractivity contribution is 8.01. The van der Waals surface area contributed by atoms with Gasteiger partial charge in [-0.2, -0.15) is 0 Å². The first-order valence-electron chi connectivity index (χ1n) is 6.46. The number of benzene rings is 1. The summed E-state index contributed by atoms with van der Waals surface area (Å²) in [5, 5.41) is 11.7. The van der Waals surface area contributed by atoms with Crippen LogP contribution in [0.1, 0.15) is 43.0 Å². The number of thioether (sulfide) groups is 1. The molecule has 1 unspecified atom stereocenters. The van der Waals surface area contributed by atoms with Gasteiger partial charge in [0.1, 0.15) is 0 Å². The van der Waals surface area contributed by atoms with Crippen LogP contribution in [0.4, 0.5) is 5.69 Å². The molecular formula is C14H17NO3S. The predicted octanol–water partition coefficient (Wildman–Crippen LogP) is 3.38. The molecular weight excluding hydrogens is 262 g/mol. The van der Waals surface area contributed by atoms with E-state index in [9.17, 15) is 9.59 Å². The van der Waals surface area contributed by atoms with E-state index in [4.69, 9.17) is 5.11 Å². The largest absolute Gasteiger partial charge is 0.478 e. The van der Waals surface area contributed by atoms with Crippen LogP contribution >= 0.6 is 11.8 Å². The van der Waals surface area contributed by atoms with E-state index in [2.05, 4.69) is 12.2 Å². The molecule has 1 aliphatic heterocycles. The van der Waals surface area contributed by atoms with Gasteiger partial charge in [0.05, 0.1) is 16.5 Å². The summed E-state index contributed by atoms with van der Waals surface area (Å²) in [4.78, 5) is 23.8. The van der Waals surface area contributed by atoms with Crippen LogP contribution < -0.4 is 5.32 Å². The van der Waals surface area contributed by atoms with Crippen molar-refractivity contribution in [3.05, 3.63) is 23.8 Å². The summed E-state index contributed by atoms with van der Waals surface area (Å²) in [5.74, 6) is -0.997. The molecule has 0 saturated carbocycles. The fourth-order valence-corrected chi connectivity index (χ4v) is 3.19. The van der Waals surface area contributed by atoms with Crippen LogP contribution in [0.15, 0.2) is 23.1 Å². The molecule has 1 atom stereocenters. The van der Waals surface area contributed by atoms with Gasteiger partial charge in [-0.25, -0.2) is 4.79 Å². The van der Waals surface area contributed by atoms with Crippen molar-refractivity contribution in [2.24, 2.45) is 0 Å². The lowest BCUT2D eigenvalue weighted by Gasteiger charge is -2.24. The standard InChI is InChI=1S/C14H17NO3S/c1-2-3-4-5-12-13(16)15-10-8-9(14(17)18)6-7-11(10)19-12/h6-8,12H,2-5H2,1H3,(H,15,16)(H,17,18). The van der Waals surface area contributed by atoms with Gasteiger partial charge in [0.15, 0.2) is 0 Å². The van der Waals surface area contributed by atoms with Gasteiger partial charge in [0.2, 0.25) is 5.91 Å². The maximum absolute atomic E-state index is 12.0. The summed E-state index contributed by atoms with van der Waals surface area (Å²) >= 11 is 1.53. The molecule has 0 bridgehead atoms. The Morgan fingerprint density at radius 3 is 2.89 bits per heavy atom. The van der Waals surface area contributed by atoms with Crippen molar-refractivity contribution in [2.45, 2.75) is 42.8 Å². The molecule has 2 N–H and O–H groups in total. The zero-order chi connectivity index (χ0) is 13.8. The zero-order valence-corrected chi connectivity index (χ0v) is 11.6. The second-order valence-electron chi connectivity index (χ2n) is 4.61. The number of carboxylic acid groups (broad SMARTS) is 1. The van der Waals surface area contributed by atoms with E-state index >= 15 is 0 Å². The first kappa shape index (κ1) is 13.9. The molecule has 0 radical (unpaired) electrons. The lowest BCUT2D eigenvalue weighted by Crippen LogP contribution is -2.29. The Bertz CT molecular complexity index is 501. The molecule has 1 aromatic carbocycles. The van der Waals surface area contributed by atoms with Crippen molar-refractivity contribution in [3.8, 4) is 0 Å². The summed E-state index contributed by atoms with van der Waals surface area (Å²) in [6, 6.07) is 4.87. The van der Waals surface area contributed by atoms with Crippen LogP contribution in [0.3, 0.4) is 0 Å². The second kappa shape index (κ2) is 6.10. The number of carbonyl (C=O) groups excluding carboxylic acids is 1. The summed E-state index contributed by atoms with van der Waals surface area (Å²) in [6.07, 6.45) is 4.18. The Balaban J connectivity index is 2.11. The van der Waals surface area contributed by atoms with Gasteiger partial charge in [-0.05, 0) is 24.6 Å². The second-order valence-corrected chi connectivity index (χ2v) is 5.85. The fraction of sp³-hybridized carbons (Fsp3) is 0.429. The molecule has 1 amide bonds. The predicted molar refractivity (Wildman–Crippen MR) is 75.8 cm³/mol. The Morgan fingerprint density at radius 2 is 2.21 bits per heavy atom. The van der Waals surface area contributed by atoms with E-state index in [1.54, 1.807) is 12.1 Å². The van der Waals surface area contributed by atoms with Crippen LogP contribution in [0, 0.1) is 0 Å². The van der Waals surface area contributed by atoms with Gasteiger partial charge in [-0.15, -0.1) is 11.8 Å². The quantitative estimate of drug-likeness (QED) is 0.811. The van der Waals surface area contributed by atoms with Gasteiger partial charge in [-0.3, -0.25) is 4.79 Å². The maximum Gasteiger partial charge on any atom is 0.335 e. The molecule has 1 aromatic rings. The van der Waals surface area contributed by atoms with Gasteiger partial charge in [-0.1, -0.05) is 26.2 Å². The summed E-state index contributed by atoms with van der Waals surface area (Å²) in [5.41, 5.74) is 0.811. The number of unbranched alkanes of at least 4 members (excludes halogenated alkanes) is 2. The van der Waals surface area contributed by atoms with Crippen LogP contribution in [0.5, 0.6) is 0 Å². The van der Waals surface area contributed by atoms with Crippen molar-refractivity contribution < 1.29 is 14.7 Å². The highest BCUT2D eigenvalue weighted by Crippen LogP contribution is 2.38. The monoisotopic (exact) mass is 279 g/mol. The number of aromatic carboxylic acids is 1. The first-order chi connectivity index (χ1) is 9.11. The summed E-state index contributed by atoms with van der Waals surface area (Å²) in [6.45, 7) is 2.14. The average Bonchev–Trinajstić information content (AvgIpc) is 2.39. The molecule has 0 fully saturated rings. The molecule has 1 heterocycles. The van der Waals surface area contributed by atoms with Crippen LogP contribution in [-0.2, 0) is 4.79 Å². The smallest absolute Gasteiger partial charge is 0.335 e. The minimum atomic E-state index is -0.980. The number of rotatable bonds is 5. The van der Waals surface area contributed by atoms with Crippen LogP contribution in [-0.4, -0.2) is 22.2 Å². The van der Waals surface area contributed by atoms with Crippen molar-refractivity contribution in [1.82, 2.24) is 0 Å². The fourth-order valence-electron chi connectivity index (χ4n) is 2.05. The molecule has 4 nitrogen and oxygen atoms in total. The molecule has 0 spiro atoms. The number of anilines is 1. The Hall–Kier alpha value is -1.49. The van der Waals surface area contributed by atoms with E-state index in [0.717, 1.165) is 30.6 Å². The number of carbonyl (C=O) groups is 2. The molecule has 19 heavy (non-hydrogen) atoms. The normalized spacial score (nSPS) is 17.7. The summed E-state index contributed by atoms with van der Waals surface area (Å²) < 4.78 is 0. The maximum atomic E-state index is 12.0. The average molecular weight is 279 g/mol. The third-order valence-electron chi connectivity index (χ3n) is 3.12. The molecule has 0 aromatic heterocycles. The Labute approximate surface area is 116 Å².